The third kappa shape index (κ3) is 4.99. The number of amides is 1. The molecule has 1 aromatic heterocycles. The van der Waals surface area contributed by atoms with E-state index in [1.165, 1.54) is 12.4 Å². The van der Waals surface area contributed by atoms with Crippen LogP contribution in [0.3, 0.4) is 0 Å². The summed E-state index contributed by atoms with van der Waals surface area (Å²) in [5, 5.41) is 17.7. The van der Waals surface area contributed by atoms with Gasteiger partial charge < -0.3 is 10.4 Å². The van der Waals surface area contributed by atoms with Crippen LogP contribution in [0.25, 0.3) is 0 Å². The lowest BCUT2D eigenvalue weighted by molar-refractivity contribution is -0.137. The highest BCUT2D eigenvalue weighted by atomic mass is 16.4. The molecule has 1 rings (SSSR count). The minimum Gasteiger partial charge on any atom is -0.481 e. The SMILES string of the molecule is CCC(CCNC(=O)c1cn[nH]c1)CCC(=O)O. The van der Waals surface area contributed by atoms with Crippen molar-refractivity contribution < 1.29 is 14.7 Å². The number of H-pyrrole nitrogens is 1. The second-order valence-corrected chi connectivity index (χ2v) is 4.24. The zero-order valence-corrected chi connectivity index (χ0v) is 10.5. The lowest BCUT2D eigenvalue weighted by Gasteiger charge is -2.13. The van der Waals surface area contributed by atoms with Gasteiger partial charge >= 0.3 is 5.97 Å². The molecule has 1 unspecified atom stereocenters. The van der Waals surface area contributed by atoms with Gasteiger partial charge in [0.2, 0.25) is 0 Å². The van der Waals surface area contributed by atoms with Crippen LogP contribution in [-0.4, -0.2) is 33.7 Å². The summed E-state index contributed by atoms with van der Waals surface area (Å²) in [6.45, 7) is 2.59. The fourth-order valence-electron chi connectivity index (χ4n) is 1.75. The normalized spacial score (nSPS) is 12.1. The summed E-state index contributed by atoms with van der Waals surface area (Å²) in [5.41, 5.74) is 0.508. The molecule has 0 aromatic carbocycles. The van der Waals surface area contributed by atoms with E-state index in [2.05, 4.69) is 15.5 Å². The van der Waals surface area contributed by atoms with Crippen molar-refractivity contribution in [1.29, 1.82) is 0 Å². The summed E-state index contributed by atoms with van der Waals surface area (Å²) in [4.78, 5) is 22.1. The summed E-state index contributed by atoms with van der Waals surface area (Å²) < 4.78 is 0. The molecule has 1 amide bonds. The molecular formula is C12H19N3O3. The third-order valence-electron chi connectivity index (χ3n) is 2.94. The topological polar surface area (TPSA) is 95.1 Å². The summed E-state index contributed by atoms with van der Waals surface area (Å²) in [5.74, 6) is -0.585. The number of nitrogens with zero attached hydrogens (tertiary/aromatic N) is 1. The molecule has 0 aliphatic rings. The first kappa shape index (κ1) is 14.2. The first-order chi connectivity index (χ1) is 8.63. The average Bonchev–Trinajstić information content (AvgIpc) is 2.86. The van der Waals surface area contributed by atoms with Crippen molar-refractivity contribution in [3.8, 4) is 0 Å². The van der Waals surface area contributed by atoms with Crippen LogP contribution in [0.1, 0.15) is 43.0 Å². The zero-order valence-electron chi connectivity index (χ0n) is 10.5. The van der Waals surface area contributed by atoms with Crippen molar-refractivity contribution in [1.82, 2.24) is 15.5 Å². The van der Waals surface area contributed by atoms with Gasteiger partial charge in [-0.25, -0.2) is 0 Å². The molecule has 1 aromatic rings. The largest absolute Gasteiger partial charge is 0.481 e. The molecule has 0 saturated heterocycles. The molecule has 0 bridgehead atoms. The Balaban J connectivity index is 2.22. The molecule has 0 saturated carbocycles. The lowest BCUT2D eigenvalue weighted by Crippen LogP contribution is -2.25. The van der Waals surface area contributed by atoms with Crippen LogP contribution in [0.15, 0.2) is 12.4 Å². The molecule has 0 aliphatic carbocycles. The average molecular weight is 253 g/mol. The van der Waals surface area contributed by atoms with Crippen molar-refractivity contribution in [2.75, 3.05) is 6.54 Å². The Labute approximate surface area is 106 Å². The molecule has 3 N–H and O–H groups in total. The van der Waals surface area contributed by atoms with E-state index < -0.39 is 5.97 Å². The molecule has 1 atom stereocenters. The van der Waals surface area contributed by atoms with E-state index in [1.54, 1.807) is 0 Å². The molecular weight excluding hydrogens is 234 g/mol. The van der Waals surface area contributed by atoms with E-state index in [0.717, 1.165) is 12.8 Å². The molecule has 100 valence electrons. The predicted octanol–water partition coefficient (Wildman–Crippen LogP) is 1.42. The number of hydrogen-bond acceptors (Lipinski definition) is 3. The molecule has 0 aliphatic heterocycles. The highest BCUT2D eigenvalue weighted by Gasteiger charge is 2.10. The summed E-state index contributed by atoms with van der Waals surface area (Å²) in [6, 6.07) is 0. The second kappa shape index (κ2) is 7.47. The maximum Gasteiger partial charge on any atom is 0.303 e. The van der Waals surface area contributed by atoms with Crippen molar-refractivity contribution in [3.63, 3.8) is 0 Å². The Hall–Kier alpha value is -1.85. The maximum atomic E-state index is 11.6. The highest BCUT2D eigenvalue weighted by Crippen LogP contribution is 2.14. The summed E-state index contributed by atoms with van der Waals surface area (Å²) in [7, 11) is 0. The molecule has 0 spiro atoms. The zero-order chi connectivity index (χ0) is 13.4. The van der Waals surface area contributed by atoms with E-state index in [1.807, 2.05) is 6.92 Å². The fraction of sp³-hybridized carbons (Fsp3) is 0.583. The Morgan fingerprint density at radius 3 is 2.83 bits per heavy atom. The number of carbonyl (C=O) groups is 2. The number of carboxylic acid groups (broad SMARTS) is 1. The van der Waals surface area contributed by atoms with E-state index >= 15 is 0 Å². The number of hydrogen-bond donors (Lipinski definition) is 3. The Kier molecular flexibility index (Phi) is 5.90. The van der Waals surface area contributed by atoms with Crippen molar-refractivity contribution in [3.05, 3.63) is 18.0 Å². The first-order valence-electron chi connectivity index (χ1n) is 6.12. The highest BCUT2D eigenvalue weighted by molar-refractivity contribution is 5.93. The van der Waals surface area contributed by atoms with Crippen LogP contribution in [-0.2, 0) is 4.79 Å². The minimum atomic E-state index is -0.768. The van der Waals surface area contributed by atoms with Crippen molar-refractivity contribution >= 4 is 11.9 Å². The van der Waals surface area contributed by atoms with Crippen LogP contribution in [0.4, 0.5) is 0 Å². The van der Waals surface area contributed by atoms with Crippen LogP contribution >= 0.6 is 0 Å². The summed E-state index contributed by atoms with van der Waals surface area (Å²) >= 11 is 0. The number of aromatic nitrogens is 2. The number of carboxylic acids is 1. The smallest absolute Gasteiger partial charge is 0.303 e. The van der Waals surface area contributed by atoms with Crippen LogP contribution in [0.5, 0.6) is 0 Å². The summed E-state index contributed by atoms with van der Waals surface area (Å²) in [6.07, 6.45) is 5.58. The van der Waals surface area contributed by atoms with Crippen LogP contribution < -0.4 is 5.32 Å². The number of rotatable bonds is 8. The molecule has 0 fully saturated rings. The molecule has 0 radical (unpaired) electrons. The van der Waals surface area contributed by atoms with Gasteiger partial charge in [-0.05, 0) is 18.8 Å². The Morgan fingerprint density at radius 2 is 2.28 bits per heavy atom. The van der Waals surface area contributed by atoms with Gasteiger partial charge in [0.15, 0.2) is 0 Å². The monoisotopic (exact) mass is 253 g/mol. The van der Waals surface area contributed by atoms with Crippen LogP contribution in [0.2, 0.25) is 0 Å². The number of carbonyl (C=O) groups excluding carboxylic acids is 1. The standard InChI is InChI=1S/C12H19N3O3/c1-2-9(3-4-11(16)17)5-6-13-12(18)10-7-14-15-8-10/h7-9H,2-6H2,1H3,(H,13,18)(H,14,15)(H,16,17). The Morgan fingerprint density at radius 1 is 1.50 bits per heavy atom. The second-order valence-electron chi connectivity index (χ2n) is 4.24. The first-order valence-corrected chi connectivity index (χ1v) is 6.12. The van der Waals surface area contributed by atoms with E-state index in [9.17, 15) is 9.59 Å². The van der Waals surface area contributed by atoms with Gasteiger partial charge in [0.25, 0.3) is 5.91 Å². The molecule has 6 nitrogen and oxygen atoms in total. The fourth-order valence-corrected chi connectivity index (χ4v) is 1.75. The van der Waals surface area contributed by atoms with Gasteiger partial charge in [-0.15, -0.1) is 0 Å². The predicted molar refractivity (Wildman–Crippen MR) is 66.2 cm³/mol. The van der Waals surface area contributed by atoms with E-state index in [0.29, 0.717) is 24.4 Å². The lowest BCUT2D eigenvalue weighted by atomic mass is 9.96. The number of nitrogens with one attached hydrogen (secondary N) is 2. The van der Waals surface area contributed by atoms with Crippen molar-refractivity contribution in [2.45, 2.75) is 32.6 Å². The molecule has 6 heteroatoms. The van der Waals surface area contributed by atoms with Gasteiger partial charge in [0.1, 0.15) is 0 Å². The molecule has 1 heterocycles. The number of aromatic amines is 1. The van der Waals surface area contributed by atoms with Gasteiger partial charge in [0.05, 0.1) is 11.8 Å². The minimum absolute atomic E-state index is 0.156. The van der Waals surface area contributed by atoms with Gasteiger partial charge in [-0.3, -0.25) is 14.7 Å². The number of aliphatic carboxylic acids is 1. The third-order valence-corrected chi connectivity index (χ3v) is 2.94. The van der Waals surface area contributed by atoms with Gasteiger partial charge in [-0.1, -0.05) is 13.3 Å². The van der Waals surface area contributed by atoms with E-state index in [4.69, 9.17) is 5.11 Å². The molecule has 18 heavy (non-hydrogen) atoms. The maximum absolute atomic E-state index is 11.6. The van der Waals surface area contributed by atoms with Crippen LogP contribution in [0, 0.1) is 5.92 Å². The Bertz CT molecular complexity index is 376. The quantitative estimate of drug-likeness (QED) is 0.653. The van der Waals surface area contributed by atoms with Gasteiger partial charge in [-0.2, -0.15) is 5.10 Å². The van der Waals surface area contributed by atoms with Gasteiger partial charge in [0, 0.05) is 19.2 Å². The van der Waals surface area contributed by atoms with E-state index in [-0.39, 0.29) is 12.3 Å². The van der Waals surface area contributed by atoms with Crippen molar-refractivity contribution in [2.24, 2.45) is 5.92 Å².